The van der Waals surface area contributed by atoms with Crippen LogP contribution in [0.15, 0.2) is 60.7 Å². The molecule has 0 spiro atoms. The number of rotatable bonds is 11. The smallest absolute Gasteiger partial charge is 0.244 e. The average molecular weight is 537 g/mol. The molecule has 0 saturated carbocycles. The molecule has 2 aliphatic rings. The van der Waals surface area contributed by atoms with E-state index in [4.69, 9.17) is 11.6 Å². The molecule has 2 saturated heterocycles. The molecular formula is C31H41ClN4O2. The van der Waals surface area contributed by atoms with Crippen molar-refractivity contribution in [3.8, 4) is 0 Å². The van der Waals surface area contributed by atoms with Gasteiger partial charge in [0.25, 0.3) is 0 Å². The minimum absolute atomic E-state index is 0.0391. The summed E-state index contributed by atoms with van der Waals surface area (Å²) >= 11 is 5.94. The molecule has 2 aromatic carbocycles. The lowest BCUT2D eigenvalue weighted by Gasteiger charge is -2.29. The largest absolute Gasteiger partial charge is 0.351 e. The second-order valence-electron chi connectivity index (χ2n) is 10.5. The molecule has 2 N–H and O–H groups in total. The molecule has 0 radical (unpaired) electrons. The van der Waals surface area contributed by atoms with E-state index in [1.807, 2.05) is 18.2 Å². The minimum Gasteiger partial charge on any atom is -0.351 e. The van der Waals surface area contributed by atoms with Gasteiger partial charge in [-0.1, -0.05) is 61.0 Å². The van der Waals surface area contributed by atoms with Crippen molar-refractivity contribution >= 4 is 29.5 Å². The topological polar surface area (TPSA) is 64.7 Å². The van der Waals surface area contributed by atoms with Gasteiger partial charge in [0, 0.05) is 49.2 Å². The number of benzene rings is 2. The van der Waals surface area contributed by atoms with Gasteiger partial charge in [-0.25, -0.2) is 0 Å². The number of hydrogen-bond acceptors (Lipinski definition) is 4. The maximum atomic E-state index is 13.7. The lowest BCUT2D eigenvalue weighted by Crippen LogP contribution is -2.50. The molecule has 2 amide bonds. The van der Waals surface area contributed by atoms with Crippen LogP contribution in [-0.2, 0) is 9.59 Å². The Bertz CT molecular complexity index is 1050. The molecule has 0 aliphatic carbocycles. The number of nitrogens with zero attached hydrogens (tertiary/aromatic N) is 2. The normalized spacial score (nSPS) is 21.5. The molecule has 204 valence electrons. The number of amides is 2. The molecule has 0 bridgehead atoms. The highest BCUT2D eigenvalue weighted by Gasteiger charge is 2.32. The van der Waals surface area contributed by atoms with E-state index in [1.54, 1.807) is 24.3 Å². The molecule has 0 aromatic heterocycles. The summed E-state index contributed by atoms with van der Waals surface area (Å²) in [6.45, 7) is 7.27. The lowest BCUT2D eigenvalue weighted by molar-refractivity contribution is -0.133. The summed E-state index contributed by atoms with van der Waals surface area (Å²) in [6.07, 6.45) is 8.39. The fourth-order valence-electron chi connectivity index (χ4n) is 5.44. The zero-order valence-electron chi connectivity index (χ0n) is 22.4. The van der Waals surface area contributed by atoms with Crippen molar-refractivity contribution in [2.75, 3.05) is 39.3 Å². The number of likely N-dealkylation sites (tertiary alicyclic amines) is 1. The van der Waals surface area contributed by atoms with Crippen LogP contribution in [0.25, 0.3) is 6.08 Å². The summed E-state index contributed by atoms with van der Waals surface area (Å²) < 4.78 is 0. The van der Waals surface area contributed by atoms with Gasteiger partial charge in [0.05, 0.1) is 6.04 Å². The maximum Gasteiger partial charge on any atom is 0.244 e. The Kier molecular flexibility index (Phi) is 10.8. The van der Waals surface area contributed by atoms with Crippen LogP contribution in [0.5, 0.6) is 0 Å². The van der Waals surface area contributed by atoms with Crippen molar-refractivity contribution in [1.29, 1.82) is 0 Å². The van der Waals surface area contributed by atoms with Gasteiger partial charge in [-0.05, 0) is 74.5 Å². The van der Waals surface area contributed by atoms with Gasteiger partial charge >= 0.3 is 0 Å². The van der Waals surface area contributed by atoms with Gasteiger partial charge in [-0.2, -0.15) is 0 Å². The highest BCUT2D eigenvalue weighted by atomic mass is 35.5. The Hall–Kier alpha value is -2.67. The van der Waals surface area contributed by atoms with Crippen LogP contribution >= 0.6 is 11.6 Å². The van der Waals surface area contributed by atoms with Crippen LogP contribution in [0.3, 0.4) is 0 Å². The van der Waals surface area contributed by atoms with Crippen molar-refractivity contribution < 1.29 is 9.59 Å². The number of hydrogen-bond donors (Lipinski definition) is 2. The SMILES string of the molecule is CC[C@H](CN1CC[C@@H](CNC(=O)C=Cc2ccc(Cl)cc2)N[C@@H](CCN2CCCC2)C1=O)c1ccccc1. The molecule has 7 heteroatoms. The molecule has 38 heavy (non-hydrogen) atoms. The maximum absolute atomic E-state index is 13.7. The van der Waals surface area contributed by atoms with Gasteiger partial charge in [-0.15, -0.1) is 0 Å². The molecule has 2 heterocycles. The van der Waals surface area contributed by atoms with E-state index in [9.17, 15) is 9.59 Å². The first-order valence-electron chi connectivity index (χ1n) is 14.1. The molecule has 2 fully saturated rings. The summed E-state index contributed by atoms with van der Waals surface area (Å²) in [5.74, 6) is 0.363. The third-order valence-electron chi connectivity index (χ3n) is 7.75. The highest BCUT2D eigenvalue weighted by Crippen LogP contribution is 2.23. The summed E-state index contributed by atoms with van der Waals surface area (Å²) in [7, 11) is 0. The van der Waals surface area contributed by atoms with E-state index in [1.165, 1.54) is 18.4 Å². The Labute approximate surface area is 232 Å². The van der Waals surface area contributed by atoms with E-state index in [0.717, 1.165) is 51.0 Å². The van der Waals surface area contributed by atoms with Crippen LogP contribution in [0.2, 0.25) is 5.02 Å². The van der Waals surface area contributed by atoms with Gasteiger partial charge in [0.15, 0.2) is 0 Å². The summed E-state index contributed by atoms with van der Waals surface area (Å²) in [6, 6.07) is 17.7. The van der Waals surface area contributed by atoms with Crippen LogP contribution in [-0.4, -0.2) is 73.0 Å². The summed E-state index contributed by atoms with van der Waals surface area (Å²) in [5, 5.41) is 7.32. The second kappa shape index (κ2) is 14.5. The Morgan fingerprint density at radius 2 is 1.84 bits per heavy atom. The Morgan fingerprint density at radius 1 is 1.11 bits per heavy atom. The zero-order chi connectivity index (χ0) is 26.7. The number of carbonyl (C=O) groups is 2. The van der Waals surface area contributed by atoms with Gasteiger partial charge in [0.1, 0.15) is 0 Å². The molecular weight excluding hydrogens is 496 g/mol. The molecule has 3 atom stereocenters. The van der Waals surface area contributed by atoms with Crippen molar-refractivity contribution in [3.63, 3.8) is 0 Å². The summed E-state index contributed by atoms with van der Waals surface area (Å²) in [5.41, 5.74) is 2.20. The lowest BCUT2D eigenvalue weighted by atomic mass is 9.95. The van der Waals surface area contributed by atoms with Crippen LogP contribution in [0.1, 0.15) is 56.1 Å². The van der Waals surface area contributed by atoms with Crippen molar-refractivity contribution in [3.05, 3.63) is 76.8 Å². The molecule has 2 aliphatic heterocycles. The highest BCUT2D eigenvalue weighted by molar-refractivity contribution is 6.30. The van der Waals surface area contributed by atoms with E-state index in [2.05, 4.69) is 51.6 Å². The standard InChI is InChI=1S/C31H41ClN4O2/c1-2-25(26-8-4-3-5-9-26)23-36-21-16-28(34-29(31(36)38)17-20-35-18-6-7-19-35)22-33-30(37)15-12-24-10-13-27(32)14-11-24/h3-5,8-15,25,28-29,34H,2,6-7,16-23H2,1H3,(H,33,37)/t25-,28+,29+/m1/s1. The third-order valence-corrected chi connectivity index (χ3v) is 8.00. The predicted molar refractivity (Wildman–Crippen MR) is 155 cm³/mol. The van der Waals surface area contributed by atoms with Crippen molar-refractivity contribution in [2.45, 2.75) is 57.0 Å². The van der Waals surface area contributed by atoms with Gasteiger partial charge < -0.3 is 20.4 Å². The second-order valence-corrected chi connectivity index (χ2v) is 10.9. The Morgan fingerprint density at radius 3 is 2.55 bits per heavy atom. The zero-order valence-corrected chi connectivity index (χ0v) is 23.2. The van der Waals surface area contributed by atoms with Gasteiger partial charge in [0.2, 0.25) is 11.8 Å². The summed E-state index contributed by atoms with van der Waals surface area (Å²) in [4.78, 5) is 30.8. The van der Waals surface area contributed by atoms with Crippen molar-refractivity contribution in [2.24, 2.45) is 0 Å². The Balaban J connectivity index is 1.38. The molecule has 0 unspecified atom stereocenters. The van der Waals surface area contributed by atoms with E-state index < -0.39 is 0 Å². The molecule has 2 aromatic rings. The fourth-order valence-corrected chi connectivity index (χ4v) is 5.56. The van der Waals surface area contributed by atoms with Crippen LogP contribution < -0.4 is 10.6 Å². The van der Waals surface area contributed by atoms with Crippen LogP contribution in [0.4, 0.5) is 0 Å². The third kappa shape index (κ3) is 8.42. The monoisotopic (exact) mass is 536 g/mol. The number of carbonyl (C=O) groups excluding carboxylic acids is 2. The predicted octanol–water partition coefficient (Wildman–Crippen LogP) is 4.71. The van der Waals surface area contributed by atoms with E-state index in [0.29, 0.717) is 24.0 Å². The first-order chi connectivity index (χ1) is 18.5. The quantitative estimate of drug-likeness (QED) is 0.408. The van der Waals surface area contributed by atoms with Gasteiger partial charge in [-0.3, -0.25) is 9.59 Å². The van der Waals surface area contributed by atoms with Crippen LogP contribution in [0, 0.1) is 0 Å². The minimum atomic E-state index is -0.238. The number of nitrogens with one attached hydrogen (secondary N) is 2. The first-order valence-corrected chi connectivity index (χ1v) is 14.4. The average Bonchev–Trinajstić information content (AvgIpc) is 3.42. The fraction of sp³-hybridized carbons (Fsp3) is 0.484. The first kappa shape index (κ1) is 28.3. The molecule has 6 nitrogen and oxygen atoms in total. The molecule has 4 rings (SSSR count). The van der Waals surface area contributed by atoms with Crippen molar-refractivity contribution in [1.82, 2.24) is 20.4 Å². The van der Waals surface area contributed by atoms with E-state index >= 15 is 0 Å². The van der Waals surface area contributed by atoms with E-state index in [-0.39, 0.29) is 23.9 Å². The number of halogens is 1.